The number of nitrogens with one attached hydrogen (secondary N) is 1. The number of allylic oxidation sites excluding steroid dienone is 1. The maximum absolute atomic E-state index is 3.62. The summed E-state index contributed by atoms with van der Waals surface area (Å²) in [5, 5.41) is 3.62. The predicted molar refractivity (Wildman–Crippen MR) is 85.6 cm³/mol. The molecule has 0 aromatic heterocycles. The van der Waals surface area contributed by atoms with Gasteiger partial charge in [-0.2, -0.15) is 0 Å². The first-order chi connectivity index (χ1) is 9.93. The zero-order valence-corrected chi connectivity index (χ0v) is 11.8. The minimum absolute atomic E-state index is 0.515. The zero-order chi connectivity index (χ0) is 13.6. The highest BCUT2D eigenvalue weighted by molar-refractivity contribution is 5.70. The van der Waals surface area contributed by atoms with Crippen molar-refractivity contribution in [1.29, 1.82) is 0 Å². The van der Waals surface area contributed by atoms with Crippen LogP contribution in [0.3, 0.4) is 0 Å². The van der Waals surface area contributed by atoms with Crippen molar-refractivity contribution in [3.63, 3.8) is 0 Å². The molecule has 0 radical (unpaired) electrons. The third-order valence-corrected chi connectivity index (χ3v) is 3.94. The topological polar surface area (TPSA) is 12.0 Å². The molecule has 0 bridgehead atoms. The molecule has 0 aliphatic carbocycles. The van der Waals surface area contributed by atoms with Gasteiger partial charge in [0.25, 0.3) is 0 Å². The molecule has 0 saturated carbocycles. The molecule has 1 unspecified atom stereocenters. The Kier molecular flexibility index (Phi) is 4.29. The van der Waals surface area contributed by atoms with Gasteiger partial charge in [-0.05, 0) is 42.5 Å². The van der Waals surface area contributed by atoms with E-state index in [1.165, 1.54) is 29.5 Å². The molecule has 1 aliphatic heterocycles. The largest absolute Gasteiger partial charge is 0.310 e. The fourth-order valence-corrected chi connectivity index (χ4v) is 2.88. The smallest absolute Gasteiger partial charge is 0.0323 e. The summed E-state index contributed by atoms with van der Waals surface area (Å²) in [7, 11) is 0. The Balaban J connectivity index is 1.85. The van der Waals surface area contributed by atoms with Crippen LogP contribution in [0, 0.1) is 0 Å². The molecule has 2 aromatic rings. The van der Waals surface area contributed by atoms with Crippen molar-refractivity contribution in [2.24, 2.45) is 0 Å². The summed E-state index contributed by atoms with van der Waals surface area (Å²) in [6, 6.07) is 22.0. The van der Waals surface area contributed by atoms with Crippen LogP contribution in [0.4, 0.5) is 0 Å². The van der Waals surface area contributed by atoms with Crippen molar-refractivity contribution >= 4 is 5.57 Å². The highest BCUT2D eigenvalue weighted by Gasteiger charge is 2.19. The summed E-state index contributed by atoms with van der Waals surface area (Å²) in [6.45, 7) is 1.14. The van der Waals surface area contributed by atoms with Gasteiger partial charge in [-0.3, -0.25) is 0 Å². The van der Waals surface area contributed by atoms with Crippen LogP contribution >= 0.6 is 0 Å². The highest BCUT2D eigenvalue weighted by Crippen LogP contribution is 2.24. The lowest BCUT2D eigenvalue weighted by molar-refractivity contribution is 0.742. The highest BCUT2D eigenvalue weighted by atomic mass is 14.9. The standard InChI is InChI=1S/C19H21N/c1-3-8-16(9-4-1)13-14-18(19-12-7-15-20-19)17-10-5-2-6-11-17/h1-6,8-11,14,19-20H,7,12-13,15H2. The van der Waals surface area contributed by atoms with Crippen molar-refractivity contribution in [3.8, 4) is 0 Å². The fourth-order valence-electron chi connectivity index (χ4n) is 2.88. The Morgan fingerprint density at radius 1 is 1.00 bits per heavy atom. The van der Waals surface area contributed by atoms with E-state index in [0.29, 0.717) is 6.04 Å². The second-order valence-corrected chi connectivity index (χ2v) is 5.36. The number of hydrogen-bond donors (Lipinski definition) is 1. The third kappa shape index (κ3) is 3.17. The molecule has 1 fully saturated rings. The van der Waals surface area contributed by atoms with E-state index in [1.54, 1.807) is 0 Å². The normalized spacial score (nSPS) is 19.2. The first-order valence-electron chi connectivity index (χ1n) is 7.46. The summed E-state index contributed by atoms with van der Waals surface area (Å²) in [4.78, 5) is 0. The molecular weight excluding hydrogens is 242 g/mol. The Bertz CT molecular complexity index is 551. The minimum atomic E-state index is 0.515. The minimum Gasteiger partial charge on any atom is -0.310 e. The number of benzene rings is 2. The van der Waals surface area contributed by atoms with Crippen molar-refractivity contribution in [2.75, 3.05) is 6.54 Å². The molecular formula is C19H21N. The lowest BCUT2D eigenvalue weighted by atomic mass is 9.95. The second kappa shape index (κ2) is 6.53. The molecule has 102 valence electrons. The summed E-state index contributed by atoms with van der Waals surface area (Å²) in [5.74, 6) is 0. The fraction of sp³-hybridized carbons (Fsp3) is 0.263. The van der Waals surface area contributed by atoms with Crippen LogP contribution < -0.4 is 5.32 Å². The van der Waals surface area contributed by atoms with Crippen LogP contribution in [0.2, 0.25) is 0 Å². The van der Waals surface area contributed by atoms with E-state index < -0.39 is 0 Å². The molecule has 1 aliphatic rings. The molecule has 0 spiro atoms. The SMILES string of the molecule is C(Cc1ccccc1)=C(c1ccccc1)C1CCCN1. The van der Waals surface area contributed by atoms with E-state index in [2.05, 4.69) is 72.1 Å². The van der Waals surface area contributed by atoms with E-state index in [1.807, 2.05) is 0 Å². The van der Waals surface area contributed by atoms with Crippen LogP contribution in [0.1, 0.15) is 24.0 Å². The maximum Gasteiger partial charge on any atom is 0.0323 e. The first-order valence-corrected chi connectivity index (χ1v) is 7.46. The molecule has 1 heteroatoms. The average molecular weight is 263 g/mol. The lowest BCUT2D eigenvalue weighted by Gasteiger charge is -2.16. The molecule has 1 nitrogen and oxygen atoms in total. The maximum atomic E-state index is 3.62. The van der Waals surface area contributed by atoms with Crippen molar-refractivity contribution < 1.29 is 0 Å². The molecule has 2 aromatic carbocycles. The summed E-state index contributed by atoms with van der Waals surface area (Å²) in [6.07, 6.45) is 5.92. The van der Waals surface area contributed by atoms with Gasteiger partial charge in [-0.25, -0.2) is 0 Å². The van der Waals surface area contributed by atoms with Gasteiger partial charge < -0.3 is 5.32 Å². The van der Waals surface area contributed by atoms with Gasteiger partial charge in [0.15, 0.2) is 0 Å². The van der Waals surface area contributed by atoms with Crippen LogP contribution in [0.5, 0.6) is 0 Å². The van der Waals surface area contributed by atoms with Gasteiger partial charge in [-0.15, -0.1) is 0 Å². The quantitative estimate of drug-likeness (QED) is 0.877. The molecule has 1 N–H and O–H groups in total. The number of hydrogen-bond acceptors (Lipinski definition) is 1. The summed E-state index contributed by atoms with van der Waals surface area (Å²) < 4.78 is 0. The van der Waals surface area contributed by atoms with Gasteiger partial charge >= 0.3 is 0 Å². The monoisotopic (exact) mass is 263 g/mol. The van der Waals surface area contributed by atoms with Crippen LogP contribution in [0.25, 0.3) is 5.57 Å². The molecule has 0 amide bonds. The Labute approximate surface area is 121 Å². The molecule has 20 heavy (non-hydrogen) atoms. The molecule has 1 atom stereocenters. The molecule has 1 heterocycles. The number of rotatable bonds is 4. The van der Waals surface area contributed by atoms with Crippen LogP contribution in [-0.4, -0.2) is 12.6 Å². The Morgan fingerprint density at radius 3 is 2.35 bits per heavy atom. The third-order valence-electron chi connectivity index (χ3n) is 3.94. The van der Waals surface area contributed by atoms with Gasteiger partial charge in [0.2, 0.25) is 0 Å². The Hall–Kier alpha value is -1.86. The second-order valence-electron chi connectivity index (χ2n) is 5.36. The van der Waals surface area contributed by atoms with Gasteiger partial charge in [0.1, 0.15) is 0 Å². The first kappa shape index (κ1) is 13.1. The van der Waals surface area contributed by atoms with Gasteiger partial charge in [-0.1, -0.05) is 66.7 Å². The van der Waals surface area contributed by atoms with E-state index in [0.717, 1.165) is 13.0 Å². The van der Waals surface area contributed by atoms with Crippen LogP contribution in [-0.2, 0) is 6.42 Å². The summed E-state index contributed by atoms with van der Waals surface area (Å²) >= 11 is 0. The van der Waals surface area contributed by atoms with E-state index in [9.17, 15) is 0 Å². The zero-order valence-electron chi connectivity index (χ0n) is 11.8. The van der Waals surface area contributed by atoms with E-state index >= 15 is 0 Å². The van der Waals surface area contributed by atoms with E-state index in [-0.39, 0.29) is 0 Å². The van der Waals surface area contributed by atoms with Gasteiger partial charge in [0, 0.05) is 6.04 Å². The van der Waals surface area contributed by atoms with Crippen molar-refractivity contribution in [1.82, 2.24) is 5.32 Å². The molecule has 3 rings (SSSR count). The van der Waals surface area contributed by atoms with Crippen LogP contribution in [0.15, 0.2) is 66.7 Å². The van der Waals surface area contributed by atoms with Gasteiger partial charge in [0.05, 0.1) is 0 Å². The average Bonchev–Trinajstić information content (AvgIpc) is 3.04. The molecule has 1 saturated heterocycles. The summed E-state index contributed by atoms with van der Waals surface area (Å²) in [5.41, 5.74) is 4.17. The van der Waals surface area contributed by atoms with E-state index in [4.69, 9.17) is 0 Å². The van der Waals surface area contributed by atoms with Crippen molar-refractivity contribution in [3.05, 3.63) is 77.9 Å². The lowest BCUT2D eigenvalue weighted by Crippen LogP contribution is -2.23. The van der Waals surface area contributed by atoms with Crippen molar-refractivity contribution in [2.45, 2.75) is 25.3 Å². The Morgan fingerprint density at radius 2 is 1.70 bits per heavy atom. The predicted octanol–water partition coefficient (Wildman–Crippen LogP) is 4.06.